The molecule has 0 aliphatic heterocycles. The van der Waals surface area contributed by atoms with Gasteiger partial charge >= 0.3 is 236 Å². The Morgan fingerprint density at radius 1 is 0.369 bits per heavy atom. The van der Waals surface area contributed by atoms with E-state index in [1.165, 1.54) is 0 Å². The Labute approximate surface area is 654 Å². The van der Waals surface area contributed by atoms with Crippen LogP contribution >= 0.6 is 0 Å². The fourth-order valence-electron chi connectivity index (χ4n) is 6.29. The number of carbonyl (C=O) groups is 4. The molecular weight excluding hydrogens is 1280 g/mol. The maximum absolute atomic E-state index is 12.6. The number of rotatable bonds is 24. The van der Waals surface area contributed by atoms with E-state index < -0.39 is 157 Å². The van der Waals surface area contributed by atoms with Crippen molar-refractivity contribution < 1.29 is 328 Å². The number of carboxylic acid groups (broad SMARTS) is 4. The summed E-state index contributed by atoms with van der Waals surface area (Å²) in [6, 6.07) is 13.9. The van der Waals surface area contributed by atoms with Gasteiger partial charge in [-0.25, -0.2) is 33.7 Å². The van der Waals surface area contributed by atoms with Crippen LogP contribution in [0, 0.1) is 0 Å². The monoisotopic (exact) mass is 1310 g/mol. The minimum atomic E-state index is -5.45. The topological polar surface area (TPSA) is 521 Å². The molecule has 0 aliphatic rings. The van der Waals surface area contributed by atoms with Crippen LogP contribution in [0.15, 0.2) is 105 Å². The van der Waals surface area contributed by atoms with E-state index in [1.807, 2.05) is 0 Å². The Hall–Kier alpha value is -1.04. The first-order chi connectivity index (χ1) is 35.4. The van der Waals surface area contributed by atoms with Crippen molar-refractivity contribution in [3.05, 3.63) is 96.1 Å². The first-order valence-electron chi connectivity index (χ1n) is 20.3. The zero-order chi connectivity index (χ0) is 55.9. The van der Waals surface area contributed by atoms with E-state index in [0.717, 1.165) is 97.1 Å². The summed E-state index contributed by atoms with van der Waals surface area (Å²) in [4.78, 5) is 67.9. The average Bonchev–Trinajstić information content (AvgIpc) is 3.29. The van der Waals surface area contributed by atoms with Gasteiger partial charge in [0.2, 0.25) is 35.7 Å². The Balaban J connectivity index is -0.00000820. The molecule has 6 rings (SSSR count). The van der Waals surface area contributed by atoms with Gasteiger partial charge in [-0.3, -0.25) is 0 Å². The number of benzene rings is 4. The smallest absolute Gasteiger partial charge is 0.744 e. The summed E-state index contributed by atoms with van der Waals surface area (Å²) in [5, 5.41) is 56.3. The summed E-state index contributed by atoms with van der Waals surface area (Å²) in [5.41, 5.74) is -1.32. The van der Waals surface area contributed by atoms with Gasteiger partial charge in [-0.2, -0.15) is 29.9 Å². The van der Waals surface area contributed by atoms with E-state index in [9.17, 15) is 91.5 Å². The van der Waals surface area contributed by atoms with Crippen LogP contribution in [-0.4, -0.2) is 132 Å². The molecule has 0 radical (unpaired) electrons. The zero-order valence-electron chi connectivity index (χ0n) is 45.4. The molecule has 0 aliphatic carbocycles. The van der Waals surface area contributed by atoms with Gasteiger partial charge in [-0.05, 0) is 83.9 Å². The second-order valence-electron chi connectivity index (χ2n) is 15.0. The van der Waals surface area contributed by atoms with E-state index in [1.54, 1.807) is 0 Å². The Bertz CT molecular complexity index is 3520. The molecule has 6 aromatic rings. The number of carboxylic acids is 4. The predicted molar refractivity (Wildman–Crippen MR) is 244 cm³/mol. The Morgan fingerprint density at radius 3 is 0.833 bits per heavy atom. The van der Waals surface area contributed by atoms with E-state index in [0.29, 0.717) is 9.80 Å². The minimum absolute atomic E-state index is 0. The summed E-state index contributed by atoms with van der Waals surface area (Å²) in [6.07, 6.45) is 1.85. The van der Waals surface area contributed by atoms with Crippen LogP contribution in [-0.2, 0) is 59.7 Å². The number of aromatic nitrogens is 6. The fourth-order valence-corrected chi connectivity index (χ4v) is 8.62. The van der Waals surface area contributed by atoms with Gasteiger partial charge in [0.15, 0.2) is 0 Å². The normalized spacial score (nSPS) is 10.8. The van der Waals surface area contributed by atoms with Crippen LogP contribution in [0.2, 0.25) is 0 Å². The molecule has 4 aromatic carbocycles. The largest absolute Gasteiger partial charge is 1.00 e. The number of nitrogens with one attached hydrogen (secondary N) is 4. The molecule has 400 valence electrons. The molecule has 84 heavy (non-hydrogen) atoms. The van der Waals surface area contributed by atoms with Crippen LogP contribution in [0.1, 0.15) is 11.1 Å². The van der Waals surface area contributed by atoms with Crippen LogP contribution < -0.4 is 288 Å². The first kappa shape index (κ1) is 87.2. The Kier molecular flexibility index (Phi) is 39.4. The standard InChI is InChI=1S/C40H36N12O20S4.8Na/c53-31(54)17-51(18-32(55)56)39-47-35(41-23-7-11-27(12-8-23)73(61,62)63)45-37(49-39)43-25-5-3-21(29(15-25)75(67,68)69)1-2-22-4-6-26(16-30(22)76(70,71)72)44-38-46-36(42-24-9-13-28(14-10-24)74(64,65)66)48-40(50-38)52(19-33(57)58)20-34(59)60;;;;;;;;/h1-16H,17-20H2,(H,53,54)(H,55,56)(H,57,58)(H,59,60)(H,61,62,63)(H,64,65,66)(H,67,68,69)(H,70,71,72)(H2,41,43,45,47,49)(H2,42,44,46,48,50);;;;;;;;/q;8*+1/p-8. The quantitative estimate of drug-likeness (QED) is 0.0248. The van der Waals surface area contributed by atoms with E-state index >= 15 is 0 Å². The number of aliphatic carboxylic acids is 4. The molecule has 2 heterocycles. The van der Waals surface area contributed by atoms with Crippen molar-refractivity contribution in [3.63, 3.8) is 0 Å². The zero-order valence-corrected chi connectivity index (χ0v) is 64.7. The molecule has 0 bridgehead atoms. The Morgan fingerprint density at radius 2 is 0.607 bits per heavy atom. The molecule has 2 aromatic heterocycles. The van der Waals surface area contributed by atoms with Crippen molar-refractivity contribution in [2.75, 3.05) is 57.2 Å². The van der Waals surface area contributed by atoms with Crippen molar-refractivity contribution in [2.24, 2.45) is 0 Å². The van der Waals surface area contributed by atoms with Crippen LogP contribution in [0.4, 0.5) is 58.4 Å². The second-order valence-corrected chi connectivity index (χ2v) is 20.4. The molecule has 0 unspecified atom stereocenters. The van der Waals surface area contributed by atoms with Crippen LogP contribution in [0.25, 0.3) is 12.2 Å². The van der Waals surface area contributed by atoms with Gasteiger partial charge in [0.05, 0.1) is 69.6 Å². The van der Waals surface area contributed by atoms with Gasteiger partial charge in [0.1, 0.15) is 40.5 Å². The van der Waals surface area contributed by atoms with Gasteiger partial charge in [0.25, 0.3) is 0 Å². The summed E-state index contributed by atoms with van der Waals surface area (Å²) in [6.45, 7) is -4.49. The molecule has 0 fully saturated rings. The van der Waals surface area contributed by atoms with E-state index in [4.69, 9.17) is 0 Å². The minimum Gasteiger partial charge on any atom is -0.744 e. The van der Waals surface area contributed by atoms with Crippen LogP contribution in [0.3, 0.4) is 0 Å². The molecule has 0 saturated carbocycles. The fraction of sp³-hybridized carbons (Fsp3) is 0.100. The molecule has 0 saturated heterocycles. The van der Waals surface area contributed by atoms with Crippen molar-refractivity contribution in [1.29, 1.82) is 0 Å². The number of carbonyl (C=O) groups excluding carboxylic acids is 4. The molecule has 0 atom stereocenters. The third-order valence-corrected chi connectivity index (χ3v) is 12.9. The summed E-state index contributed by atoms with van der Waals surface area (Å²) >= 11 is 0. The SMILES string of the molecule is O=C([O-])CN(CC(=O)[O-])c1nc(Nc2ccc(S(=O)(=O)[O-])cc2)nc(Nc2ccc(C=Cc3ccc(Nc4nc(Nc5ccc(S(=O)(=O)[O-])cc5)nc(N(CC(=O)[O-])CC(=O)[O-])n4)cc3S(=O)(=O)[O-])c(S(=O)(=O)[O-])c2)n1.[Na+].[Na+].[Na+].[Na+].[Na+].[Na+].[Na+].[Na+]. The number of hydrogen-bond donors (Lipinski definition) is 4. The molecule has 44 heteroatoms. The number of anilines is 10. The third-order valence-electron chi connectivity index (χ3n) is 9.41. The van der Waals surface area contributed by atoms with Crippen molar-refractivity contribution >= 4 is 135 Å². The maximum Gasteiger partial charge on any atom is 1.00 e. The number of hydrogen-bond acceptors (Lipinski definition) is 32. The molecule has 4 N–H and O–H groups in total. The molecule has 0 spiro atoms. The van der Waals surface area contributed by atoms with Crippen LogP contribution in [0.5, 0.6) is 0 Å². The second kappa shape index (κ2) is 38.0. The third kappa shape index (κ3) is 27.2. The maximum atomic E-state index is 12.6. The van der Waals surface area contributed by atoms with E-state index in [-0.39, 0.29) is 259 Å². The summed E-state index contributed by atoms with van der Waals surface area (Å²) < 4.78 is 144. The van der Waals surface area contributed by atoms with Gasteiger partial charge < -0.3 is 88.9 Å². The first-order valence-corrected chi connectivity index (χ1v) is 25.9. The predicted octanol–water partition coefficient (Wildman–Crippen LogP) is -28.5. The summed E-state index contributed by atoms with van der Waals surface area (Å²) in [7, 11) is -20.6. The van der Waals surface area contributed by atoms with Crippen molar-refractivity contribution in [1.82, 2.24) is 29.9 Å². The van der Waals surface area contributed by atoms with E-state index in [2.05, 4.69) is 51.2 Å². The van der Waals surface area contributed by atoms with Crippen molar-refractivity contribution in [3.8, 4) is 0 Å². The summed E-state index contributed by atoms with van der Waals surface area (Å²) in [5.74, 6) is -10.6. The molecular formula is C40H28N12Na8O20S4. The molecule has 32 nitrogen and oxygen atoms in total. The molecule has 0 amide bonds. The van der Waals surface area contributed by atoms with Gasteiger partial charge in [0, 0.05) is 22.7 Å². The number of nitrogens with zero attached hydrogens (tertiary/aromatic N) is 8. The van der Waals surface area contributed by atoms with Gasteiger partial charge in [-0.15, -0.1) is 0 Å². The van der Waals surface area contributed by atoms with Crippen molar-refractivity contribution in [2.45, 2.75) is 19.6 Å². The average molecular weight is 1310 g/mol. The van der Waals surface area contributed by atoms with Gasteiger partial charge in [-0.1, -0.05) is 24.3 Å².